The molecular formula is C16H16IN3O. The molecule has 1 fully saturated rings. The first-order valence-electron chi connectivity index (χ1n) is 7.20. The molecule has 0 aliphatic carbocycles. The fourth-order valence-electron chi connectivity index (χ4n) is 3.49. The molecule has 1 spiro atoms. The highest BCUT2D eigenvalue weighted by atomic mass is 127. The number of rotatable bonds is 1. The lowest BCUT2D eigenvalue weighted by Gasteiger charge is -2.34. The van der Waals surface area contributed by atoms with E-state index in [1.807, 2.05) is 12.3 Å². The molecule has 5 heteroatoms. The molecule has 1 aromatic carbocycles. The summed E-state index contributed by atoms with van der Waals surface area (Å²) in [7, 11) is 0. The van der Waals surface area contributed by atoms with Crippen LogP contribution in [0.15, 0.2) is 36.8 Å². The molecule has 4 rings (SSSR count). The van der Waals surface area contributed by atoms with E-state index in [4.69, 9.17) is 4.74 Å². The van der Waals surface area contributed by atoms with E-state index < -0.39 is 0 Å². The van der Waals surface area contributed by atoms with Gasteiger partial charge in [0, 0.05) is 40.6 Å². The molecule has 0 saturated carbocycles. The van der Waals surface area contributed by atoms with Crippen molar-refractivity contribution in [2.24, 2.45) is 0 Å². The van der Waals surface area contributed by atoms with Crippen molar-refractivity contribution in [3.05, 3.63) is 45.9 Å². The fraction of sp³-hybridized carbons (Fsp3) is 0.375. The van der Waals surface area contributed by atoms with E-state index in [1.165, 1.54) is 14.8 Å². The molecule has 108 valence electrons. The van der Waals surface area contributed by atoms with Gasteiger partial charge in [0.1, 0.15) is 12.1 Å². The summed E-state index contributed by atoms with van der Waals surface area (Å²) in [6.07, 6.45) is 5.60. The smallest absolute Gasteiger partial charge is 0.136 e. The molecule has 1 aromatic heterocycles. The van der Waals surface area contributed by atoms with Gasteiger partial charge in [-0.15, -0.1) is 0 Å². The summed E-state index contributed by atoms with van der Waals surface area (Å²) in [6, 6.07) is 8.76. The molecule has 0 radical (unpaired) electrons. The Hall–Kier alpha value is -1.21. The van der Waals surface area contributed by atoms with Crippen LogP contribution in [0.1, 0.15) is 18.4 Å². The molecule has 3 heterocycles. The maximum Gasteiger partial charge on any atom is 0.136 e. The van der Waals surface area contributed by atoms with Crippen molar-refractivity contribution in [2.75, 3.05) is 24.7 Å². The second-order valence-electron chi connectivity index (χ2n) is 5.71. The van der Waals surface area contributed by atoms with Gasteiger partial charge in [-0.05, 0) is 59.2 Å². The van der Waals surface area contributed by atoms with E-state index in [2.05, 4.69) is 55.7 Å². The standard InChI is InChI=1S/C16H16IN3O/c17-12-1-2-13-14(9-12)20(15-3-6-18-11-19-15)10-16(13)4-7-21-8-5-16/h1-3,6,9,11H,4-5,7-8,10H2. The third-order valence-corrected chi connectivity index (χ3v) is 5.25. The number of anilines is 2. The highest BCUT2D eigenvalue weighted by molar-refractivity contribution is 14.1. The van der Waals surface area contributed by atoms with E-state index >= 15 is 0 Å². The van der Waals surface area contributed by atoms with E-state index in [9.17, 15) is 0 Å². The van der Waals surface area contributed by atoms with Crippen molar-refractivity contribution in [2.45, 2.75) is 18.3 Å². The molecule has 21 heavy (non-hydrogen) atoms. The largest absolute Gasteiger partial charge is 0.381 e. The summed E-state index contributed by atoms with van der Waals surface area (Å²) in [5.74, 6) is 0.983. The Morgan fingerprint density at radius 1 is 1.19 bits per heavy atom. The second-order valence-corrected chi connectivity index (χ2v) is 6.95. The first kappa shape index (κ1) is 13.5. The van der Waals surface area contributed by atoms with E-state index in [-0.39, 0.29) is 5.41 Å². The van der Waals surface area contributed by atoms with Crippen LogP contribution in [-0.4, -0.2) is 29.7 Å². The van der Waals surface area contributed by atoms with Crippen LogP contribution in [0.25, 0.3) is 0 Å². The predicted octanol–water partition coefficient (Wildman–Crippen LogP) is 3.28. The van der Waals surface area contributed by atoms with Crippen LogP contribution < -0.4 is 4.90 Å². The van der Waals surface area contributed by atoms with E-state index in [1.54, 1.807) is 6.33 Å². The summed E-state index contributed by atoms with van der Waals surface area (Å²) < 4.78 is 6.85. The van der Waals surface area contributed by atoms with Gasteiger partial charge >= 0.3 is 0 Å². The normalized spacial score (nSPS) is 19.8. The maximum atomic E-state index is 5.59. The zero-order valence-electron chi connectivity index (χ0n) is 11.6. The quantitative estimate of drug-likeness (QED) is 0.698. The van der Waals surface area contributed by atoms with Crippen LogP contribution in [0, 0.1) is 3.57 Å². The van der Waals surface area contributed by atoms with Gasteiger partial charge < -0.3 is 9.64 Å². The Morgan fingerprint density at radius 2 is 2.05 bits per heavy atom. The van der Waals surface area contributed by atoms with Gasteiger partial charge in [0.15, 0.2) is 0 Å². The van der Waals surface area contributed by atoms with Crippen molar-refractivity contribution in [3.8, 4) is 0 Å². The zero-order valence-corrected chi connectivity index (χ0v) is 13.8. The first-order chi connectivity index (χ1) is 10.3. The third kappa shape index (κ3) is 2.23. The van der Waals surface area contributed by atoms with Gasteiger partial charge in [0.25, 0.3) is 0 Å². The maximum absolute atomic E-state index is 5.59. The van der Waals surface area contributed by atoms with Gasteiger partial charge in [-0.2, -0.15) is 0 Å². The minimum Gasteiger partial charge on any atom is -0.381 e. The number of ether oxygens (including phenoxy) is 1. The summed E-state index contributed by atoms with van der Waals surface area (Å²) in [6.45, 7) is 2.69. The number of halogens is 1. The lowest BCUT2D eigenvalue weighted by molar-refractivity contribution is 0.0558. The van der Waals surface area contributed by atoms with E-state index in [0.717, 1.165) is 38.4 Å². The van der Waals surface area contributed by atoms with Gasteiger partial charge in [0.05, 0.1) is 0 Å². The average Bonchev–Trinajstić information content (AvgIpc) is 2.83. The molecule has 0 N–H and O–H groups in total. The third-order valence-electron chi connectivity index (χ3n) is 4.58. The van der Waals surface area contributed by atoms with Crippen LogP contribution >= 0.6 is 22.6 Å². The molecule has 2 aliphatic heterocycles. The van der Waals surface area contributed by atoms with Crippen molar-refractivity contribution in [1.82, 2.24) is 9.97 Å². The highest BCUT2D eigenvalue weighted by Crippen LogP contribution is 2.49. The van der Waals surface area contributed by atoms with Crippen LogP contribution in [0.2, 0.25) is 0 Å². The number of benzene rings is 1. The zero-order chi connectivity index (χ0) is 14.3. The molecule has 0 atom stereocenters. The summed E-state index contributed by atoms with van der Waals surface area (Å²) in [5.41, 5.74) is 2.95. The van der Waals surface area contributed by atoms with Gasteiger partial charge in [-0.3, -0.25) is 0 Å². The topological polar surface area (TPSA) is 38.2 Å². The molecular weight excluding hydrogens is 377 g/mol. The molecule has 0 unspecified atom stereocenters. The number of fused-ring (bicyclic) bond motifs is 2. The Morgan fingerprint density at radius 3 is 2.81 bits per heavy atom. The van der Waals surface area contributed by atoms with Crippen LogP contribution in [0.4, 0.5) is 11.5 Å². The Kier molecular flexibility index (Phi) is 3.34. The minimum absolute atomic E-state index is 0.211. The average molecular weight is 393 g/mol. The Bertz CT molecular complexity index is 656. The number of aromatic nitrogens is 2. The number of hydrogen-bond donors (Lipinski definition) is 0. The molecule has 2 aliphatic rings. The predicted molar refractivity (Wildman–Crippen MR) is 89.9 cm³/mol. The summed E-state index contributed by atoms with van der Waals surface area (Å²) >= 11 is 2.38. The fourth-order valence-corrected chi connectivity index (χ4v) is 3.96. The first-order valence-corrected chi connectivity index (χ1v) is 8.28. The van der Waals surface area contributed by atoms with Crippen LogP contribution in [0.5, 0.6) is 0 Å². The highest BCUT2D eigenvalue weighted by Gasteiger charge is 2.44. The van der Waals surface area contributed by atoms with Crippen molar-refractivity contribution >= 4 is 34.1 Å². The van der Waals surface area contributed by atoms with Gasteiger partial charge in [-0.1, -0.05) is 6.07 Å². The molecule has 2 aromatic rings. The lowest BCUT2D eigenvalue weighted by atomic mass is 9.76. The molecule has 0 bridgehead atoms. The second kappa shape index (κ2) is 5.21. The molecule has 0 amide bonds. The van der Waals surface area contributed by atoms with Gasteiger partial charge in [-0.25, -0.2) is 9.97 Å². The number of hydrogen-bond acceptors (Lipinski definition) is 4. The Labute approximate surface area is 137 Å². The van der Waals surface area contributed by atoms with Crippen molar-refractivity contribution < 1.29 is 4.74 Å². The SMILES string of the molecule is Ic1ccc2c(c1)N(c1ccncn1)CC21CCOCC1. The van der Waals surface area contributed by atoms with Crippen molar-refractivity contribution in [1.29, 1.82) is 0 Å². The summed E-state index contributed by atoms with van der Waals surface area (Å²) in [5, 5.41) is 0. The van der Waals surface area contributed by atoms with Crippen molar-refractivity contribution in [3.63, 3.8) is 0 Å². The lowest BCUT2D eigenvalue weighted by Crippen LogP contribution is -2.37. The van der Waals surface area contributed by atoms with Crippen LogP contribution in [-0.2, 0) is 10.2 Å². The monoisotopic (exact) mass is 393 g/mol. The summed E-state index contributed by atoms with van der Waals surface area (Å²) in [4.78, 5) is 10.8. The van der Waals surface area contributed by atoms with Gasteiger partial charge in [0.2, 0.25) is 0 Å². The Balaban J connectivity index is 1.83. The number of nitrogens with zero attached hydrogens (tertiary/aromatic N) is 3. The van der Waals surface area contributed by atoms with E-state index in [0.29, 0.717) is 0 Å². The minimum atomic E-state index is 0.211. The molecule has 4 nitrogen and oxygen atoms in total. The van der Waals surface area contributed by atoms with Crippen LogP contribution in [0.3, 0.4) is 0 Å². The molecule has 1 saturated heterocycles.